The van der Waals surface area contributed by atoms with Gasteiger partial charge < -0.3 is 15.0 Å². The molecule has 5 rings (SSSR count). The van der Waals surface area contributed by atoms with Gasteiger partial charge >= 0.3 is 0 Å². The number of nitrogens with one attached hydrogen (secondary N) is 1. The summed E-state index contributed by atoms with van der Waals surface area (Å²) in [6.45, 7) is 5.62. The highest BCUT2D eigenvalue weighted by molar-refractivity contribution is 5.84. The third kappa shape index (κ3) is 3.64. The number of carbonyl (C=O) groups is 2. The van der Waals surface area contributed by atoms with Gasteiger partial charge in [0.1, 0.15) is 0 Å². The first kappa shape index (κ1) is 18.3. The summed E-state index contributed by atoms with van der Waals surface area (Å²) in [5.41, 5.74) is -0.108. The van der Waals surface area contributed by atoms with Gasteiger partial charge in [0.05, 0.1) is 6.61 Å². The Hall–Kier alpha value is -1.10. The molecular formula is C21H34N2O3. The van der Waals surface area contributed by atoms with E-state index in [0.29, 0.717) is 18.9 Å². The third-order valence-corrected chi connectivity index (χ3v) is 7.38. The molecule has 4 aliphatic carbocycles. The molecule has 1 saturated heterocycles. The maximum absolute atomic E-state index is 12.9. The summed E-state index contributed by atoms with van der Waals surface area (Å²) < 4.78 is 5.42. The van der Waals surface area contributed by atoms with Crippen LogP contribution in [0, 0.1) is 29.1 Å². The quantitative estimate of drug-likeness (QED) is 0.757. The predicted octanol–water partition coefficient (Wildman–Crippen LogP) is 2.59. The van der Waals surface area contributed by atoms with Crippen molar-refractivity contribution in [2.24, 2.45) is 29.1 Å². The van der Waals surface area contributed by atoms with Gasteiger partial charge in [0.15, 0.2) is 0 Å². The van der Waals surface area contributed by atoms with Gasteiger partial charge in [0, 0.05) is 44.0 Å². The Morgan fingerprint density at radius 2 is 1.77 bits per heavy atom. The van der Waals surface area contributed by atoms with Gasteiger partial charge in [0.2, 0.25) is 11.8 Å². The number of ether oxygens (including phenoxy) is 1. The van der Waals surface area contributed by atoms with Crippen LogP contribution in [0.1, 0.15) is 58.3 Å². The maximum Gasteiger partial charge on any atom is 0.226 e. The van der Waals surface area contributed by atoms with E-state index >= 15 is 0 Å². The molecule has 0 spiro atoms. The average molecular weight is 363 g/mol. The molecule has 146 valence electrons. The first-order chi connectivity index (χ1) is 12.6. The summed E-state index contributed by atoms with van der Waals surface area (Å²) in [5.74, 6) is 3.19. The zero-order valence-corrected chi connectivity index (χ0v) is 16.2. The van der Waals surface area contributed by atoms with Crippen LogP contribution in [-0.2, 0) is 14.3 Å². The lowest BCUT2D eigenvalue weighted by Crippen LogP contribution is -2.53. The van der Waals surface area contributed by atoms with Crippen LogP contribution in [-0.4, -0.2) is 49.6 Å². The van der Waals surface area contributed by atoms with Gasteiger partial charge in [-0.05, 0) is 69.6 Å². The van der Waals surface area contributed by atoms with Crippen LogP contribution in [0.5, 0.6) is 0 Å². The van der Waals surface area contributed by atoms with Gasteiger partial charge in [-0.15, -0.1) is 0 Å². The first-order valence-electron chi connectivity index (χ1n) is 10.7. The van der Waals surface area contributed by atoms with Gasteiger partial charge in [0.25, 0.3) is 0 Å². The van der Waals surface area contributed by atoms with Gasteiger partial charge in [-0.1, -0.05) is 0 Å². The monoisotopic (exact) mass is 362 g/mol. The Kier molecular flexibility index (Phi) is 5.27. The van der Waals surface area contributed by atoms with E-state index in [2.05, 4.69) is 5.32 Å². The molecule has 1 heterocycles. The number of amides is 2. The van der Waals surface area contributed by atoms with Crippen molar-refractivity contribution in [1.82, 2.24) is 10.2 Å². The molecule has 4 bridgehead atoms. The molecule has 1 atom stereocenters. The van der Waals surface area contributed by atoms with Gasteiger partial charge in [-0.25, -0.2) is 0 Å². The normalized spacial score (nSPS) is 37.7. The molecule has 5 aliphatic rings. The molecule has 0 aromatic rings. The van der Waals surface area contributed by atoms with E-state index in [-0.39, 0.29) is 17.2 Å². The molecular weight excluding hydrogens is 328 g/mol. The van der Waals surface area contributed by atoms with Crippen LogP contribution in [0.4, 0.5) is 0 Å². The van der Waals surface area contributed by atoms with E-state index < -0.39 is 0 Å². The van der Waals surface area contributed by atoms with Crippen molar-refractivity contribution in [3.63, 3.8) is 0 Å². The summed E-state index contributed by atoms with van der Waals surface area (Å²) in [5, 5.41) is 3.13. The van der Waals surface area contributed by atoms with Gasteiger partial charge in [-0.3, -0.25) is 9.59 Å². The molecule has 26 heavy (non-hydrogen) atoms. The van der Waals surface area contributed by atoms with Crippen molar-refractivity contribution < 1.29 is 14.3 Å². The molecule has 4 saturated carbocycles. The highest BCUT2D eigenvalue weighted by Gasteiger charge is 2.54. The minimum atomic E-state index is -0.108. The summed E-state index contributed by atoms with van der Waals surface area (Å²) in [6, 6.07) is 0. The fraction of sp³-hybridized carbons (Fsp3) is 0.905. The molecule has 2 amide bonds. The molecule has 5 heteroatoms. The number of carbonyl (C=O) groups excluding carboxylic acids is 2. The second-order valence-corrected chi connectivity index (χ2v) is 9.37. The maximum atomic E-state index is 12.9. The van der Waals surface area contributed by atoms with Crippen LogP contribution in [0.25, 0.3) is 0 Å². The van der Waals surface area contributed by atoms with Crippen LogP contribution in [0.15, 0.2) is 0 Å². The lowest BCUT2D eigenvalue weighted by Gasteiger charge is -2.55. The number of nitrogens with zero attached hydrogens (tertiary/aromatic N) is 1. The Balaban J connectivity index is 1.25. The van der Waals surface area contributed by atoms with E-state index in [1.807, 2.05) is 11.8 Å². The standard InChI is InChI=1S/C21H34N2O3/c1-2-23(13-15-4-6-26-14-15)19(24)3-5-22-20(25)21-10-16-7-17(11-21)9-18(8-16)12-21/h15-18H,2-14H2,1H3,(H,22,25). The van der Waals surface area contributed by atoms with E-state index in [1.54, 1.807) is 0 Å². The van der Waals surface area contributed by atoms with Crippen molar-refractivity contribution in [2.75, 3.05) is 32.8 Å². The minimum absolute atomic E-state index is 0.108. The average Bonchev–Trinajstić information content (AvgIpc) is 3.11. The molecule has 5 nitrogen and oxygen atoms in total. The summed E-state index contributed by atoms with van der Waals surface area (Å²) >= 11 is 0. The van der Waals surface area contributed by atoms with Crippen LogP contribution < -0.4 is 5.32 Å². The molecule has 5 fully saturated rings. The zero-order chi connectivity index (χ0) is 18.1. The van der Waals surface area contributed by atoms with Crippen LogP contribution in [0.2, 0.25) is 0 Å². The zero-order valence-electron chi connectivity index (χ0n) is 16.2. The van der Waals surface area contributed by atoms with Crippen molar-refractivity contribution in [3.8, 4) is 0 Å². The fourth-order valence-electron chi connectivity index (χ4n) is 6.46. The van der Waals surface area contributed by atoms with E-state index in [4.69, 9.17) is 4.74 Å². The van der Waals surface area contributed by atoms with Crippen molar-refractivity contribution >= 4 is 11.8 Å². The van der Waals surface area contributed by atoms with Crippen LogP contribution in [0.3, 0.4) is 0 Å². The largest absolute Gasteiger partial charge is 0.381 e. The van der Waals surface area contributed by atoms with E-state index in [0.717, 1.165) is 69.7 Å². The number of hydrogen-bond acceptors (Lipinski definition) is 3. The number of rotatable bonds is 7. The molecule has 1 unspecified atom stereocenters. The lowest BCUT2D eigenvalue weighted by atomic mass is 9.49. The van der Waals surface area contributed by atoms with Crippen LogP contribution >= 0.6 is 0 Å². The fourth-order valence-corrected chi connectivity index (χ4v) is 6.46. The molecule has 0 aromatic heterocycles. The summed E-state index contributed by atoms with van der Waals surface area (Å²) in [4.78, 5) is 27.4. The second kappa shape index (κ2) is 7.49. The van der Waals surface area contributed by atoms with E-state index in [9.17, 15) is 9.59 Å². The number of hydrogen-bond donors (Lipinski definition) is 1. The first-order valence-corrected chi connectivity index (χ1v) is 10.7. The lowest BCUT2D eigenvalue weighted by molar-refractivity contribution is -0.146. The van der Waals surface area contributed by atoms with E-state index in [1.165, 1.54) is 19.3 Å². The highest BCUT2D eigenvalue weighted by atomic mass is 16.5. The molecule has 0 aromatic carbocycles. The SMILES string of the molecule is CCN(CC1CCOC1)C(=O)CCNC(=O)C12CC3CC(CC(C3)C1)C2. The Labute approximate surface area is 157 Å². The predicted molar refractivity (Wildman–Crippen MR) is 99.4 cm³/mol. The van der Waals surface area contributed by atoms with Crippen molar-refractivity contribution in [2.45, 2.75) is 58.3 Å². The van der Waals surface area contributed by atoms with Crippen molar-refractivity contribution in [1.29, 1.82) is 0 Å². The topological polar surface area (TPSA) is 58.6 Å². The van der Waals surface area contributed by atoms with Crippen molar-refractivity contribution in [3.05, 3.63) is 0 Å². The Bertz CT molecular complexity index is 506. The Morgan fingerprint density at radius 1 is 1.12 bits per heavy atom. The summed E-state index contributed by atoms with van der Waals surface area (Å²) in [7, 11) is 0. The Morgan fingerprint density at radius 3 is 2.31 bits per heavy atom. The third-order valence-electron chi connectivity index (χ3n) is 7.38. The minimum Gasteiger partial charge on any atom is -0.381 e. The smallest absolute Gasteiger partial charge is 0.226 e. The molecule has 1 aliphatic heterocycles. The highest BCUT2D eigenvalue weighted by Crippen LogP contribution is 2.60. The molecule has 1 N–H and O–H groups in total. The molecule has 0 radical (unpaired) electrons. The second-order valence-electron chi connectivity index (χ2n) is 9.37. The summed E-state index contributed by atoms with van der Waals surface area (Å²) in [6.07, 6.45) is 8.76. The van der Waals surface area contributed by atoms with Gasteiger partial charge in [-0.2, -0.15) is 0 Å².